The monoisotopic (exact) mass is 269 g/mol. The third-order valence-corrected chi connectivity index (χ3v) is 6.16. The summed E-state index contributed by atoms with van der Waals surface area (Å²) in [7, 11) is 0. The second-order valence-electron chi connectivity index (χ2n) is 6.40. The molecule has 0 saturated heterocycles. The predicted molar refractivity (Wildman–Crippen MR) is 83.3 cm³/mol. The van der Waals surface area contributed by atoms with E-state index in [9.17, 15) is 0 Å². The van der Waals surface area contributed by atoms with Crippen LogP contribution < -0.4 is 5.32 Å². The van der Waals surface area contributed by atoms with Crippen molar-refractivity contribution in [1.82, 2.24) is 5.32 Å². The van der Waals surface area contributed by atoms with E-state index in [2.05, 4.69) is 30.9 Å². The molecule has 1 nitrogen and oxygen atoms in total. The van der Waals surface area contributed by atoms with Gasteiger partial charge in [0.25, 0.3) is 0 Å². The molecule has 0 aromatic carbocycles. The highest BCUT2D eigenvalue weighted by molar-refractivity contribution is 7.99. The normalized spacial score (nSPS) is 32.0. The maximum absolute atomic E-state index is 3.79. The maximum Gasteiger partial charge on any atom is 0.0160 e. The molecule has 0 aromatic rings. The van der Waals surface area contributed by atoms with E-state index in [-0.39, 0.29) is 0 Å². The molecule has 0 aliphatic heterocycles. The van der Waals surface area contributed by atoms with Gasteiger partial charge in [0.1, 0.15) is 0 Å². The zero-order valence-electron chi connectivity index (χ0n) is 12.3. The van der Waals surface area contributed by atoms with Crippen LogP contribution in [0.15, 0.2) is 0 Å². The Bertz CT molecular complexity index is 231. The van der Waals surface area contributed by atoms with Gasteiger partial charge in [0.15, 0.2) is 0 Å². The van der Waals surface area contributed by atoms with Crippen LogP contribution in [0.5, 0.6) is 0 Å². The summed E-state index contributed by atoms with van der Waals surface area (Å²) in [5, 5.41) is 3.79. The number of hydrogen-bond donors (Lipinski definition) is 1. The van der Waals surface area contributed by atoms with Gasteiger partial charge >= 0.3 is 0 Å². The second kappa shape index (κ2) is 7.79. The molecule has 2 rings (SSSR count). The van der Waals surface area contributed by atoms with Crippen LogP contribution in [-0.4, -0.2) is 24.1 Å². The maximum atomic E-state index is 3.79. The zero-order valence-corrected chi connectivity index (χ0v) is 13.1. The van der Waals surface area contributed by atoms with Crippen molar-refractivity contribution in [2.75, 3.05) is 18.1 Å². The van der Waals surface area contributed by atoms with E-state index in [1.807, 2.05) is 0 Å². The quantitative estimate of drug-likeness (QED) is 0.626. The van der Waals surface area contributed by atoms with Gasteiger partial charge in [0, 0.05) is 11.8 Å². The largest absolute Gasteiger partial charge is 0.313 e. The molecule has 2 saturated carbocycles. The number of hydrogen-bond acceptors (Lipinski definition) is 2. The summed E-state index contributed by atoms with van der Waals surface area (Å²) in [6.07, 6.45) is 10.2. The van der Waals surface area contributed by atoms with Crippen molar-refractivity contribution < 1.29 is 0 Å². The van der Waals surface area contributed by atoms with Crippen LogP contribution in [0.1, 0.15) is 58.8 Å². The SMILES string of the molecule is CCCNC(CSCCC)CC1CC2CCC1C2. The van der Waals surface area contributed by atoms with Crippen LogP contribution in [0.4, 0.5) is 0 Å². The van der Waals surface area contributed by atoms with Gasteiger partial charge in [0.05, 0.1) is 0 Å². The van der Waals surface area contributed by atoms with Gasteiger partial charge in [-0.15, -0.1) is 0 Å². The molecule has 18 heavy (non-hydrogen) atoms. The van der Waals surface area contributed by atoms with Gasteiger partial charge in [-0.2, -0.15) is 11.8 Å². The molecule has 2 bridgehead atoms. The molecular formula is C16H31NS. The topological polar surface area (TPSA) is 12.0 Å². The van der Waals surface area contributed by atoms with Crippen LogP contribution in [0, 0.1) is 17.8 Å². The molecule has 0 radical (unpaired) electrons. The van der Waals surface area contributed by atoms with Crippen LogP contribution in [-0.2, 0) is 0 Å². The van der Waals surface area contributed by atoms with E-state index in [0.29, 0.717) is 0 Å². The molecule has 0 aromatic heterocycles. The lowest BCUT2D eigenvalue weighted by molar-refractivity contribution is 0.286. The summed E-state index contributed by atoms with van der Waals surface area (Å²) < 4.78 is 0. The summed E-state index contributed by atoms with van der Waals surface area (Å²) in [5.41, 5.74) is 0. The number of thioether (sulfide) groups is 1. The molecule has 2 aliphatic carbocycles. The molecule has 106 valence electrons. The Morgan fingerprint density at radius 3 is 2.67 bits per heavy atom. The lowest BCUT2D eigenvalue weighted by Gasteiger charge is -2.27. The Kier molecular flexibility index (Phi) is 6.37. The van der Waals surface area contributed by atoms with Crippen molar-refractivity contribution >= 4 is 11.8 Å². The first-order valence-corrected chi connectivity index (χ1v) is 9.30. The first-order valence-electron chi connectivity index (χ1n) is 8.14. The summed E-state index contributed by atoms with van der Waals surface area (Å²) in [4.78, 5) is 0. The fourth-order valence-electron chi connectivity index (χ4n) is 3.96. The van der Waals surface area contributed by atoms with Crippen molar-refractivity contribution in [2.24, 2.45) is 17.8 Å². The minimum atomic E-state index is 0.783. The van der Waals surface area contributed by atoms with Crippen molar-refractivity contribution in [3.63, 3.8) is 0 Å². The third kappa shape index (κ3) is 4.16. The second-order valence-corrected chi connectivity index (χ2v) is 7.55. The lowest BCUT2D eigenvalue weighted by atomic mass is 9.84. The average Bonchev–Trinajstić information content (AvgIpc) is 2.98. The number of rotatable bonds is 9. The minimum absolute atomic E-state index is 0.783. The Balaban J connectivity index is 1.73. The van der Waals surface area contributed by atoms with Gasteiger partial charge in [-0.05, 0) is 68.6 Å². The first kappa shape index (κ1) is 14.7. The molecule has 0 amide bonds. The Hall–Kier alpha value is 0.310. The molecule has 0 heterocycles. The van der Waals surface area contributed by atoms with E-state index < -0.39 is 0 Å². The first-order chi connectivity index (χ1) is 8.83. The molecule has 2 aliphatic rings. The molecule has 2 fully saturated rings. The summed E-state index contributed by atoms with van der Waals surface area (Å²) in [5.74, 6) is 5.93. The Morgan fingerprint density at radius 2 is 2.06 bits per heavy atom. The van der Waals surface area contributed by atoms with Crippen LogP contribution in [0.3, 0.4) is 0 Å². The molecule has 0 spiro atoms. The molecule has 4 atom stereocenters. The van der Waals surface area contributed by atoms with Gasteiger partial charge in [-0.1, -0.05) is 20.3 Å². The van der Waals surface area contributed by atoms with Crippen molar-refractivity contribution in [3.8, 4) is 0 Å². The highest BCUT2D eigenvalue weighted by Gasteiger charge is 2.39. The molecule has 2 heteroatoms. The molecule has 4 unspecified atom stereocenters. The van der Waals surface area contributed by atoms with Gasteiger partial charge in [-0.3, -0.25) is 0 Å². The summed E-state index contributed by atoms with van der Waals surface area (Å²) in [6.45, 7) is 5.77. The Labute approximate surface area is 118 Å². The highest BCUT2D eigenvalue weighted by Crippen LogP contribution is 2.49. The van der Waals surface area contributed by atoms with Crippen molar-refractivity contribution in [1.29, 1.82) is 0 Å². The lowest BCUT2D eigenvalue weighted by Crippen LogP contribution is -2.35. The van der Waals surface area contributed by atoms with Crippen LogP contribution >= 0.6 is 11.8 Å². The van der Waals surface area contributed by atoms with Gasteiger partial charge in [-0.25, -0.2) is 0 Å². The smallest absolute Gasteiger partial charge is 0.0160 e. The molecular weight excluding hydrogens is 238 g/mol. The van der Waals surface area contributed by atoms with E-state index in [4.69, 9.17) is 0 Å². The fraction of sp³-hybridized carbons (Fsp3) is 1.00. The van der Waals surface area contributed by atoms with Crippen LogP contribution in [0.2, 0.25) is 0 Å². The van der Waals surface area contributed by atoms with E-state index in [1.165, 1.54) is 43.7 Å². The number of fused-ring (bicyclic) bond motifs is 2. The third-order valence-electron chi connectivity index (χ3n) is 4.82. The summed E-state index contributed by atoms with van der Waals surface area (Å²) >= 11 is 2.15. The van der Waals surface area contributed by atoms with Crippen LogP contribution in [0.25, 0.3) is 0 Å². The standard InChI is InChI=1S/C16H31NS/c1-3-7-17-16(12-18-8-4-2)11-15-10-13-5-6-14(15)9-13/h13-17H,3-12H2,1-2H3. The van der Waals surface area contributed by atoms with E-state index >= 15 is 0 Å². The minimum Gasteiger partial charge on any atom is -0.313 e. The zero-order chi connectivity index (χ0) is 12.8. The van der Waals surface area contributed by atoms with E-state index in [0.717, 1.165) is 23.8 Å². The van der Waals surface area contributed by atoms with Crippen molar-refractivity contribution in [3.05, 3.63) is 0 Å². The summed E-state index contributed by atoms with van der Waals surface area (Å²) in [6, 6.07) is 0.783. The highest BCUT2D eigenvalue weighted by atomic mass is 32.2. The number of nitrogens with one attached hydrogen (secondary N) is 1. The van der Waals surface area contributed by atoms with Gasteiger partial charge < -0.3 is 5.32 Å². The van der Waals surface area contributed by atoms with Crippen molar-refractivity contribution in [2.45, 2.75) is 64.8 Å². The predicted octanol–water partition coefficient (Wildman–Crippen LogP) is 4.32. The van der Waals surface area contributed by atoms with Gasteiger partial charge in [0.2, 0.25) is 0 Å². The molecule has 1 N–H and O–H groups in total. The Morgan fingerprint density at radius 1 is 1.17 bits per heavy atom. The average molecular weight is 269 g/mol. The van der Waals surface area contributed by atoms with E-state index in [1.54, 1.807) is 19.3 Å². The fourth-order valence-corrected chi connectivity index (χ4v) is 4.95.